The van der Waals surface area contributed by atoms with Gasteiger partial charge in [0.2, 0.25) is 5.89 Å². The van der Waals surface area contributed by atoms with Crippen LogP contribution in [-0.2, 0) is 11.3 Å². The van der Waals surface area contributed by atoms with Gasteiger partial charge in [-0.15, -0.1) is 11.3 Å². The van der Waals surface area contributed by atoms with E-state index in [-0.39, 0.29) is 18.5 Å². The SMILES string of the molecule is Cc1oc(-c2cccs2)nc1CN1C(=O)NC2(CCSC2)C1=O. The molecule has 0 radical (unpaired) electrons. The second kappa shape index (κ2) is 5.38. The summed E-state index contributed by atoms with van der Waals surface area (Å²) in [7, 11) is 0. The van der Waals surface area contributed by atoms with Crippen molar-refractivity contribution < 1.29 is 14.0 Å². The van der Waals surface area contributed by atoms with Gasteiger partial charge < -0.3 is 9.73 Å². The summed E-state index contributed by atoms with van der Waals surface area (Å²) < 4.78 is 5.68. The van der Waals surface area contributed by atoms with Gasteiger partial charge in [0.15, 0.2) is 0 Å². The summed E-state index contributed by atoms with van der Waals surface area (Å²) in [5.41, 5.74) is -0.0877. The van der Waals surface area contributed by atoms with Crippen LogP contribution in [0.2, 0.25) is 0 Å². The van der Waals surface area contributed by atoms with Crippen LogP contribution in [0.1, 0.15) is 17.9 Å². The van der Waals surface area contributed by atoms with Crippen LogP contribution in [-0.4, -0.2) is 38.9 Å². The second-order valence-corrected chi connectivity index (χ2v) is 7.76. The molecule has 23 heavy (non-hydrogen) atoms. The van der Waals surface area contributed by atoms with E-state index in [1.54, 1.807) is 18.7 Å². The van der Waals surface area contributed by atoms with Crippen molar-refractivity contribution in [2.24, 2.45) is 0 Å². The molecule has 2 aliphatic heterocycles. The minimum Gasteiger partial charge on any atom is -0.440 e. The van der Waals surface area contributed by atoms with Crippen LogP contribution < -0.4 is 5.32 Å². The van der Waals surface area contributed by atoms with Gasteiger partial charge in [0.25, 0.3) is 5.91 Å². The number of thiophene rings is 1. The Kier molecular flexibility index (Phi) is 3.46. The highest BCUT2D eigenvalue weighted by atomic mass is 32.2. The van der Waals surface area contributed by atoms with Crippen molar-refractivity contribution >= 4 is 35.0 Å². The molecule has 0 saturated carbocycles. The van der Waals surface area contributed by atoms with Crippen LogP contribution in [0.15, 0.2) is 21.9 Å². The molecule has 2 aliphatic rings. The predicted molar refractivity (Wildman–Crippen MR) is 88.3 cm³/mol. The molecular weight excluding hydrogens is 334 g/mol. The van der Waals surface area contributed by atoms with Gasteiger partial charge in [-0.3, -0.25) is 9.69 Å². The number of imide groups is 1. The average molecular weight is 349 g/mol. The summed E-state index contributed by atoms with van der Waals surface area (Å²) in [5, 5.41) is 4.82. The number of hydrogen-bond acceptors (Lipinski definition) is 6. The summed E-state index contributed by atoms with van der Waals surface area (Å²) in [6, 6.07) is 3.52. The summed E-state index contributed by atoms with van der Waals surface area (Å²) >= 11 is 3.23. The number of aryl methyl sites for hydroxylation is 1. The Morgan fingerprint density at radius 1 is 1.48 bits per heavy atom. The fourth-order valence-electron chi connectivity index (χ4n) is 2.88. The summed E-state index contributed by atoms with van der Waals surface area (Å²) in [5.74, 6) is 2.56. The highest BCUT2D eigenvalue weighted by molar-refractivity contribution is 7.99. The van der Waals surface area contributed by atoms with E-state index in [0.717, 1.165) is 10.6 Å². The molecule has 2 saturated heterocycles. The first-order chi connectivity index (χ1) is 11.1. The van der Waals surface area contributed by atoms with Crippen molar-refractivity contribution in [2.45, 2.75) is 25.4 Å². The minimum atomic E-state index is -0.712. The zero-order valence-electron chi connectivity index (χ0n) is 12.5. The first-order valence-corrected chi connectivity index (χ1v) is 9.34. The maximum Gasteiger partial charge on any atom is 0.325 e. The summed E-state index contributed by atoms with van der Waals surface area (Å²) in [6.45, 7) is 1.96. The van der Waals surface area contributed by atoms with Crippen molar-refractivity contribution in [1.29, 1.82) is 0 Å². The fourth-order valence-corrected chi connectivity index (χ4v) is 4.86. The maximum absolute atomic E-state index is 12.7. The van der Waals surface area contributed by atoms with E-state index in [9.17, 15) is 9.59 Å². The normalized spacial score (nSPS) is 24.0. The highest BCUT2D eigenvalue weighted by Gasteiger charge is 2.53. The van der Waals surface area contributed by atoms with Gasteiger partial charge in [-0.2, -0.15) is 11.8 Å². The Hall–Kier alpha value is -1.80. The van der Waals surface area contributed by atoms with Gasteiger partial charge in [-0.05, 0) is 30.5 Å². The van der Waals surface area contributed by atoms with E-state index in [2.05, 4.69) is 10.3 Å². The van der Waals surface area contributed by atoms with Crippen LogP contribution in [0, 0.1) is 6.92 Å². The molecule has 6 nitrogen and oxygen atoms in total. The number of amides is 3. The van der Waals surface area contributed by atoms with Crippen molar-refractivity contribution in [2.75, 3.05) is 11.5 Å². The number of rotatable bonds is 3. The molecule has 1 spiro atoms. The number of oxazole rings is 1. The molecule has 4 heterocycles. The Bertz CT molecular complexity index is 763. The number of nitrogens with zero attached hydrogens (tertiary/aromatic N) is 2. The van der Waals surface area contributed by atoms with Crippen molar-refractivity contribution in [1.82, 2.24) is 15.2 Å². The maximum atomic E-state index is 12.7. The van der Waals surface area contributed by atoms with Gasteiger partial charge in [0, 0.05) is 5.75 Å². The van der Waals surface area contributed by atoms with E-state index in [4.69, 9.17) is 4.42 Å². The molecule has 3 amide bonds. The monoisotopic (exact) mass is 349 g/mol. The lowest BCUT2D eigenvalue weighted by Crippen LogP contribution is -2.46. The lowest BCUT2D eigenvalue weighted by Gasteiger charge is -2.18. The molecule has 120 valence electrons. The molecule has 4 rings (SSSR count). The first kappa shape index (κ1) is 14.8. The number of aromatic nitrogens is 1. The fraction of sp³-hybridized carbons (Fsp3) is 0.400. The Labute approximate surface area is 141 Å². The number of carbonyl (C=O) groups is 2. The number of thioether (sulfide) groups is 1. The molecule has 8 heteroatoms. The molecule has 2 aromatic heterocycles. The predicted octanol–water partition coefficient (Wildman–Crippen LogP) is 2.64. The van der Waals surface area contributed by atoms with E-state index in [1.807, 2.05) is 17.5 Å². The summed E-state index contributed by atoms with van der Waals surface area (Å²) in [6.07, 6.45) is 0.691. The highest BCUT2D eigenvalue weighted by Crippen LogP contribution is 2.34. The first-order valence-electron chi connectivity index (χ1n) is 7.31. The third kappa shape index (κ3) is 2.36. The lowest BCUT2D eigenvalue weighted by atomic mass is 9.99. The molecule has 1 atom stereocenters. The Balaban J connectivity index is 1.59. The zero-order valence-corrected chi connectivity index (χ0v) is 14.1. The van der Waals surface area contributed by atoms with Crippen molar-refractivity contribution in [3.8, 4) is 10.8 Å². The van der Waals surface area contributed by atoms with Crippen LogP contribution >= 0.6 is 23.1 Å². The minimum absolute atomic E-state index is 0.146. The number of hydrogen-bond donors (Lipinski definition) is 1. The Morgan fingerprint density at radius 2 is 2.35 bits per heavy atom. The lowest BCUT2D eigenvalue weighted by molar-refractivity contribution is -0.130. The molecular formula is C15H15N3O3S2. The smallest absolute Gasteiger partial charge is 0.325 e. The molecule has 2 fully saturated rings. The van der Waals surface area contributed by atoms with Crippen LogP contribution in [0.5, 0.6) is 0 Å². The topological polar surface area (TPSA) is 75.4 Å². The molecule has 1 N–H and O–H groups in total. The third-order valence-corrected chi connectivity index (χ3v) is 6.25. The van der Waals surface area contributed by atoms with Gasteiger partial charge >= 0.3 is 6.03 Å². The van der Waals surface area contributed by atoms with E-state index < -0.39 is 5.54 Å². The van der Waals surface area contributed by atoms with Crippen LogP contribution in [0.4, 0.5) is 4.79 Å². The van der Waals surface area contributed by atoms with Gasteiger partial charge in [0.1, 0.15) is 17.0 Å². The number of nitrogens with one attached hydrogen (secondary N) is 1. The Morgan fingerprint density at radius 3 is 3.04 bits per heavy atom. The summed E-state index contributed by atoms with van der Waals surface area (Å²) in [4.78, 5) is 31.5. The second-order valence-electron chi connectivity index (χ2n) is 5.71. The average Bonchev–Trinajstić information content (AvgIpc) is 3.27. The van der Waals surface area contributed by atoms with Gasteiger partial charge in [-0.1, -0.05) is 6.07 Å². The number of urea groups is 1. The standard InChI is InChI=1S/C15H15N3O3S2/c1-9-10(16-12(21-9)11-3-2-5-23-11)7-18-13(19)15(17-14(18)20)4-6-22-8-15/h2-3,5H,4,6-8H2,1H3,(H,17,20). The molecule has 0 bridgehead atoms. The van der Waals surface area contributed by atoms with Crippen LogP contribution in [0.3, 0.4) is 0 Å². The molecule has 0 aromatic carbocycles. The van der Waals surface area contributed by atoms with Crippen molar-refractivity contribution in [3.05, 3.63) is 29.0 Å². The van der Waals surface area contributed by atoms with Gasteiger partial charge in [-0.25, -0.2) is 9.78 Å². The quantitative estimate of drug-likeness (QED) is 0.862. The van der Waals surface area contributed by atoms with Gasteiger partial charge in [0.05, 0.1) is 11.4 Å². The molecule has 2 aromatic rings. The third-order valence-electron chi connectivity index (χ3n) is 4.20. The van der Waals surface area contributed by atoms with E-state index in [1.165, 1.54) is 16.2 Å². The van der Waals surface area contributed by atoms with E-state index >= 15 is 0 Å². The van der Waals surface area contributed by atoms with E-state index in [0.29, 0.717) is 29.5 Å². The number of carbonyl (C=O) groups excluding carboxylic acids is 2. The zero-order chi connectivity index (χ0) is 16.0. The van der Waals surface area contributed by atoms with Crippen LogP contribution in [0.25, 0.3) is 10.8 Å². The van der Waals surface area contributed by atoms with Crippen molar-refractivity contribution in [3.63, 3.8) is 0 Å². The molecule has 0 aliphatic carbocycles. The largest absolute Gasteiger partial charge is 0.440 e. The molecule has 1 unspecified atom stereocenters.